The molecule has 0 fully saturated rings. The molecule has 0 N–H and O–H groups in total. The second kappa shape index (κ2) is 5.33. The summed E-state index contributed by atoms with van der Waals surface area (Å²) < 4.78 is 13.5. The molecular weight excluding hydrogens is 261 g/mol. The topological polar surface area (TPSA) is 50.8 Å². The predicted molar refractivity (Wildman–Crippen MR) is 57.5 cm³/mol. The minimum Gasteiger partial charge on any atom is -0.345 e. The Labute approximate surface area is 95.5 Å². The molecule has 0 radical (unpaired) electrons. The summed E-state index contributed by atoms with van der Waals surface area (Å²) in [4.78, 5) is 1.50. The molecule has 0 unspecified atom stereocenters. The molecule has 15 heavy (non-hydrogen) atoms. The van der Waals surface area contributed by atoms with E-state index in [0.29, 0.717) is 10.2 Å². The van der Waals surface area contributed by atoms with Crippen LogP contribution < -0.4 is 4.90 Å². The molecule has 1 rings (SSSR count). The van der Waals surface area contributed by atoms with Gasteiger partial charge in [0.05, 0.1) is 16.6 Å². The number of nitriles is 2. The van der Waals surface area contributed by atoms with Crippen molar-refractivity contribution in [1.29, 1.82) is 10.5 Å². The van der Waals surface area contributed by atoms with Crippen molar-refractivity contribution in [2.24, 2.45) is 0 Å². The minimum atomic E-state index is -0.409. The maximum atomic E-state index is 13.2. The molecule has 0 aliphatic carbocycles. The van der Waals surface area contributed by atoms with Gasteiger partial charge in [-0.15, -0.1) is 0 Å². The van der Waals surface area contributed by atoms with Gasteiger partial charge in [-0.3, -0.25) is 0 Å². The fraction of sp³-hybridized carbons (Fsp3) is 0.200. The van der Waals surface area contributed by atoms with Crippen molar-refractivity contribution < 1.29 is 4.39 Å². The van der Waals surface area contributed by atoms with Crippen molar-refractivity contribution in [3.8, 4) is 12.1 Å². The maximum absolute atomic E-state index is 13.2. The van der Waals surface area contributed by atoms with Gasteiger partial charge in [-0.2, -0.15) is 10.5 Å². The van der Waals surface area contributed by atoms with Gasteiger partial charge in [-0.1, -0.05) is 0 Å². The third kappa shape index (κ3) is 2.93. The lowest BCUT2D eigenvalue weighted by Crippen LogP contribution is -2.23. The zero-order valence-electron chi connectivity index (χ0n) is 7.74. The van der Waals surface area contributed by atoms with E-state index in [0.717, 1.165) is 0 Å². The van der Waals surface area contributed by atoms with Gasteiger partial charge in [0.15, 0.2) is 0 Å². The van der Waals surface area contributed by atoms with Crippen molar-refractivity contribution >= 4 is 21.6 Å². The summed E-state index contributed by atoms with van der Waals surface area (Å²) in [6.07, 6.45) is 0. The molecule has 0 aliphatic heterocycles. The number of hydrogen-bond acceptors (Lipinski definition) is 3. The standard InChI is InChI=1S/C10H7BrFN3/c11-9-2-1-8(7-10(9)12)15(5-3-13)6-4-14/h1-2,7H,5-6H2. The predicted octanol–water partition coefficient (Wildman–Crippen LogP) is 2.44. The minimum absolute atomic E-state index is 0.0641. The molecule has 0 saturated carbocycles. The summed E-state index contributed by atoms with van der Waals surface area (Å²) in [6, 6.07) is 8.34. The Bertz CT molecular complexity index is 417. The van der Waals surface area contributed by atoms with Crippen LogP contribution in [-0.4, -0.2) is 13.1 Å². The van der Waals surface area contributed by atoms with Gasteiger partial charge in [0.2, 0.25) is 0 Å². The normalized spacial score (nSPS) is 9.07. The second-order valence-electron chi connectivity index (χ2n) is 2.77. The smallest absolute Gasteiger partial charge is 0.139 e. The van der Waals surface area contributed by atoms with Gasteiger partial charge in [0.1, 0.15) is 18.9 Å². The van der Waals surface area contributed by atoms with E-state index in [1.807, 2.05) is 12.1 Å². The fourth-order valence-corrected chi connectivity index (χ4v) is 1.34. The molecule has 76 valence electrons. The Balaban J connectivity index is 2.97. The molecule has 0 spiro atoms. The van der Waals surface area contributed by atoms with E-state index in [1.54, 1.807) is 12.1 Å². The van der Waals surface area contributed by atoms with E-state index < -0.39 is 5.82 Å². The van der Waals surface area contributed by atoms with Crippen LogP contribution in [0.25, 0.3) is 0 Å². The summed E-state index contributed by atoms with van der Waals surface area (Å²) in [5, 5.41) is 17.1. The highest BCUT2D eigenvalue weighted by Crippen LogP contribution is 2.21. The van der Waals surface area contributed by atoms with Crippen LogP contribution in [0.4, 0.5) is 10.1 Å². The summed E-state index contributed by atoms with van der Waals surface area (Å²) in [5.41, 5.74) is 0.527. The number of anilines is 1. The van der Waals surface area contributed by atoms with Gasteiger partial charge in [0.25, 0.3) is 0 Å². The number of halogens is 2. The summed E-state index contributed by atoms with van der Waals surface area (Å²) >= 11 is 3.03. The number of rotatable bonds is 3. The van der Waals surface area contributed by atoms with Crippen LogP contribution in [0.3, 0.4) is 0 Å². The zero-order valence-corrected chi connectivity index (χ0v) is 9.33. The van der Waals surface area contributed by atoms with Crippen LogP contribution in [0.2, 0.25) is 0 Å². The molecular formula is C10H7BrFN3. The number of nitrogens with zero attached hydrogens (tertiary/aromatic N) is 3. The quantitative estimate of drug-likeness (QED) is 0.791. The van der Waals surface area contributed by atoms with Gasteiger partial charge >= 0.3 is 0 Å². The Morgan fingerprint density at radius 3 is 2.33 bits per heavy atom. The third-order valence-corrected chi connectivity index (χ3v) is 2.43. The molecule has 1 aromatic carbocycles. The first-order valence-corrected chi connectivity index (χ1v) is 4.92. The van der Waals surface area contributed by atoms with Gasteiger partial charge in [-0.25, -0.2) is 4.39 Å². The lowest BCUT2D eigenvalue weighted by Gasteiger charge is -2.17. The molecule has 0 aromatic heterocycles. The lowest BCUT2D eigenvalue weighted by atomic mass is 10.3. The monoisotopic (exact) mass is 267 g/mol. The van der Waals surface area contributed by atoms with E-state index >= 15 is 0 Å². The zero-order chi connectivity index (χ0) is 11.3. The van der Waals surface area contributed by atoms with E-state index in [2.05, 4.69) is 15.9 Å². The Hall–Kier alpha value is -1.59. The molecule has 0 atom stereocenters. The van der Waals surface area contributed by atoms with Crippen LogP contribution in [0.5, 0.6) is 0 Å². The van der Waals surface area contributed by atoms with Gasteiger partial charge in [0, 0.05) is 5.69 Å². The average molecular weight is 268 g/mol. The van der Waals surface area contributed by atoms with Crippen molar-refractivity contribution in [3.63, 3.8) is 0 Å². The number of hydrogen-bond donors (Lipinski definition) is 0. The molecule has 0 saturated heterocycles. The molecule has 0 bridgehead atoms. The Morgan fingerprint density at radius 1 is 1.27 bits per heavy atom. The molecule has 3 nitrogen and oxygen atoms in total. The first-order chi connectivity index (χ1) is 7.19. The van der Waals surface area contributed by atoms with Gasteiger partial charge < -0.3 is 4.90 Å². The van der Waals surface area contributed by atoms with Crippen LogP contribution in [0.1, 0.15) is 0 Å². The van der Waals surface area contributed by atoms with Crippen molar-refractivity contribution in [1.82, 2.24) is 0 Å². The fourth-order valence-electron chi connectivity index (χ4n) is 1.09. The largest absolute Gasteiger partial charge is 0.345 e. The molecule has 0 aliphatic rings. The van der Waals surface area contributed by atoms with Crippen LogP contribution in [0, 0.1) is 28.5 Å². The van der Waals surface area contributed by atoms with E-state index in [-0.39, 0.29) is 13.1 Å². The lowest BCUT2D eigenvalue weighted by molar-refractivity contribution is 0.620. The van der Waals surface area contributed by atoms with Gasteiger partial charge in [-0.05, 0) is 34.1 Å². The van der Waals surface area contributed by atoms with Crippen LogP contribution in [0.15, 0.2) is 22.7 Å². The first-order valence-electron chi connectivity index (χ1n) is 4.13. The molecule has 0 heterocycles. The van der Waals surface area contributed by atoms with Crippen molar-refractivity contribution in [3.05, 3.63) is 28.5 Å². The van der Waals surface area contributed by atoms with Crippen molar-refractivity contribution in [2.75, 3.05) is 18.0 Å². The van der Waals surface area contributed by atoms with E-state index in [4.69, 9.17) is 10.5 Å². The molecule has 0 amide bonds. The van der Waals surface area contributed by atoms with Crippen LogP contribution >= 0.6 is 15.9 Å². The highest BCUT2D eigenvalue weighted by Gasteiger charge is 2.07. The summed E-state index contributed by atoms with van der Waals surface area (Å²) in [5.74, 6) is -0.409. The SMILES string of the molecule is N#CCN(CC#N)c1ccc(Br)c(F)c1. The second-order valence-corrected chi connectivity index (χ2v) is 3.63. The first kappa shape index (κ1) is 11.5. The highest BCUT2D eigenvalue weighted by molar-refractivity contribution is 9.10. The Kier molecular flexibility index (Phi) is 4.08. The summed E-state index contributed by atoms with van der Waals surface area (Å²) in [7, 11) is 0. The summed E-state index contributed by atoms with van der Waals surface area (Å²) in [6.45, 7) is 0.128. The Morgan fingerprint density at radius 2 is 1.87 bits per heavy atom. The van der Waals surface area contributed by atoms with E-state index in [1.165, 1.54) is 11.0 Å². The van der Waals surface area contributed by atoms with Crippen molar-refractivity contribution in [2.45, 2.75) is 0 Å². The molecule has 1 aromatic rings. The number of benzene rings is 1. The highest BCUT2D eigenvalue weighted by atomic mass is 79.9. The van der Waals surface area contributed by atoms with Crippen LogP contribution in [-0.2, 0) is 0 Å². The third-order valence-electron chi connectivity index (χ3n) is 1.79. The maximum Gasteiger partial charge on any atom is 0.139 e. The average Bonchev–Trinajstić information content (AvgIpc) is 2.22. The molecule has 5 heteroatoms. The van der Waals surface area contributed by atoms with E-state index in [9.17, 15) is 4.39 Å².